The molecule has 1 aliphatic heterocycles. The van der Waals surface area contributed by atoms with Gasteiger partial charge in [-0.05, 0) is 58.8 Å². The minimum Gasteiger partial charge on any atom is -0.379 e. The summed E-state index contributed by atoms with van der Waals surface area (Å²) in [4.78, 5) is 4.79. The molecule has 0 aromatic heterocycles. The summed E-state index contributed by atoms with van der Waals surface area (Å²) in [5.41, 5.74) is 5.19. The van der Waals surface area contributed by atoms with Gasteiger partial charge in [-0.3, -0.25) is 4.90 Å². The van der Waals surface area contributed by atoms with Crippen LogP contribution >= 0.6 is 12.2 Å². The minimum absolute atomic E-state index is 0.162. The predicted molar refractivity (Wildman–Crippen MR) is 144 cm³/mol. The van der Waals surface area contributed by atoms with E-state index in [9.17, 15) is 0 Å². The van der Waals surface area contributed by atoms with E-state index in [0.29, 0.717) is 5.92 Å². The van der Waals surface area contributed by atoms with Crippen molar-refractivity contribution in [2.75, 3.05) is 44.7 Å². The van der Waals surface area contributed by atoms with Crippen LogP contribution < -0.4 is 5.32 Å². The summed E-state index contributed by atoms with van der Waals surface area (Å²) in [6.45, 7) is 17.7. The van der Waals surface area contributed by atoms with E-state index in [1.807, 2.05) is 0 Å². The lowest BCUT2D eigenvalue weighted by atomic mass is 9.87. The van der Waals surface area contributed by atoms with Crippen LogP contribution in [0.3, 0.4) is 0 Å². The summed E-state index contributed by atoms with van der Waals surface area (Å²) in [6.07, 6.45) is 1.08. The molecule has 0 atom stereocenters. The number of nitrogens with zero attached hydrogens (tertiary/aromatic N) is 2. The van der Waals surface area contributed by atoms with E-state index in [-0.39, 0.29) is 5.41 Å². The van der Waals surface area contributed by atoms with Gasteiger partial charge in [-0.25, -0.2) is 0 Å². The number of hydrogen-bond acceptors (Lipinski definition) is 3. The molecule has 0 amide bonds. The van der Waals surface area contributed by atoms with E-state index >= 15 is 0 Å². The second-order valence-electron chi connectivity index (χ2n) is 10.4. The third kappa shape index (κ3) is 8.09. The number of rotatable bonds is 8. The zero-order chi connectivity index (χ0) is 23.8. The molecule has 4 nitrogen and oxygen atoms in total. The van der Waals surface area contributed by atoms with Gasteiger partial charge >= 0.3 is 0 Å². The molecule has 3 rings (SSSR count). The highest BCUT2D eigenvalue weighted by Crippen LogP contribution is 2.23. The first-order valence-electron chi connectivity index (χ1n) is 12.3. The van der Waals surface area contributed by atoms with E-state index in [4.69, 9.17) is 17.0 Å². The van der Waals surface area contributed by atoms with Crippen molar-refractivity contribution < 1.29 is 4.74 Å². The largest absolute Gasteiger partial charge is 0.379 e. The normalized spacial score (nSPS) is 15.0. The van der Waals surface area contributed by atoms with E-state index in [1.165, 1.54) is 16.7 Å². The zero-order valence-corrected chi connectivity index (χ0v) is 21.9. The molecule has 2 aromatic carbocycles. The summed E-state index contributed by atoms with van der Waals surface area (Å²) in [5, 5.41) is 4.26. The highest BCUT2D eigenvalue weighted by Gasteiger charge is 2.16. The van der Waals surface area contributed by atoms with Gasteiger partial charge in [-0.15, -0.1) is 0 Å². The fraction of sp³-hybridized carbons (Fsp3) is 0.536. The van der Waals surface area contributed by atoms with Crippen molar-refractivity contribution in [1.82, 2.24) is 9.80 Å². The molecule has 1 saturated heterocycles. The number of anilines is 1. The predicted octanol–water partition coefficient (Wildman–Crippen LogP) is 6.03. The van der Waals surface area contributed by atoms with Crippen LogP contribution in [0.5, 0.6) is 0 Å². The van der Waals surface area contributed by atoms with Gasteiger partial charge in [0.15, 0.2) is 5.11 Å². The van der Waals surface area contributed by atoms with Crippen LogP contribution in [0.1, 0.15) is 63.6 Å². The maximum absolute atomic E-state index is 5.88. The lowest BCUT2D eigenvalue weighted by molar-refractivity contribution is 0.0368. The molecule has 5 heteroatoms. The molecule has 1 aliphatic rings. The molecule has 0 spiro atoms. The Hall–Kier alpha value is -1.95. The third-order valence-corrected chi connectivity index (χ3v) is 6.68. The van der Waals surface area contributed by atoms with Gasteiger partial charge in [0.1, 0.15) is 0 Å². The maximum atomic E-state index is 5.88. The Morgan fingerprint density at radius 2 is 1.67 bits per heavy atom. The highest BCUT2D eigenvalue weighted by atomic mass is 32.1. The van der Waals surface area contributed by atoms with Crippen LogP contribution in [0.25, 0.3) is 0 Å². The molecule has 180 valence electrons. The topological polar surface area (TPSA) is 27.7 Å². The Labute approximate surface area is 206 Å². The molecule has 0 saturated carbocycles. The Balaban J connectivity index is 1.66. The van der Waals surface area contributed by atoms with E-state index in [1.54, 1.807) is 0 Å². The number of morpholine rings is 1. The Morgan fingerprint density at radius 3 is 2.24 bits per heavy atom. The zero-order valence-electron chi connectivity index (χ0n) is 21.1. The average molecular weight is 468 g/mol. The Kier molecular flexibility index (Phi) is 9.30. The minimum atomic E-state index is 0.162. The van der Waals surface area contributed by atoms with Crippen molar-refractivity contribution >= 4 is 23.0 Å². The monoisotopic (exact) mass is 467 g/mol. The second-order valence-corrected chi connectivity index (χ2v) is 10.8. The quantitative estimate of drug-likeness (QED) is 0.479. The van der Waals surface area contributed by atoms with Gasteiger partial charge in [-0.2, -0.15) is 0 Å². The van der Waals surface area contributed by atoms with Gasteiger partial charge in [0.2, 0.25) is 0 Å². The molecule has 0 unspecified atom stereocenters. The molecular formula is C28H41N3OS. The number of hydrogen-bond donors (Lipinski definition) is 1. The standard InChI is InChI=1S/C28H41N3OS/c1-22(2)24-9-13-26(14-10-24)29-27(33)31(16-6-15-30-17-19-32-20-18-30)21-23-7-11-25(12-8-23)28(3,4)5/h7-14,22H,6,15-21H2,1-5H3,(H,29,33). The fourth-order valence-electron chi connectivity index (χ4n) is 4.05. The Bertz CT molecular complexity index is 866. The van der Waals surface area contributed by atoms with Crippen molar-refractivity contribution in [3.05, 3.63) is 65.2 Å². The van der Waals surface area contributed by atoms with Gasteiger partial charge < -0.3 is 15.0 Å². The lowest BCUT2D eigenvalue weighted by Gasteiger charge is -2.30. The summed E-state index contributed by atoms with van der Waals surface area (Å²) in [6, 6.07) is 17.6. The van der Waals surface area contributed by atoms with Crippen molar-refractivity contribution in [2.24, 2.45) is 0 Å². The van der Waals surface area contributed by atoms with Crippen LogP contribution in [0.4, 0.5) is 5.69 Å². The molecule has 1 fully saturated rings. The lowest BCUT2D eigenvalue weighted by Crippen LogP contribution is -2.40. The molecule has 0 bridgehead atoms. The van der Waals surface area contributed by atoms with E-state index < -0.39 is 0 Å². The van der Waals surface area contributed by atoms with Crippen LogP contribution in [-0.2, 0) is 16.7 Å². The van der Waals surface area contributed by atoms with Gasteiger partial charge in [0.25, 0.3) is 0 Å². The fourth-order valence-corrected chi connectivity index (χ4v) is 4.32. The van der Waals surface area contributed by atoms with Crippen LogP contribution in [0.2, 0.25) is 0 Å². The molecular weight excluding hydrogens is 426 g/mol. The first-order valence-corrected chi connectivity index (χ1v) is 12.7. The van der Waals surface area contributed by atoms with Crippen LogP contribution in [0, 0.1) is 0 Å². The van der Waals surface area contributed by atoms with Crippen molar-refractivity contribution in [1.29, 1.82) is 0 Å². The first-order chi connectivity index (χ1) is 15.7. The van der Waals surface area contributed by atoms with Crippen molar-refractivity contribution in [2.45, 2.75) is 58.9 Å². The highest BCUT2D eigenvalue weighted by molar-refractivity contribution is 7.80. The van der Waals surface area contributed by atoms with Crippen LogP contribution in [-0.4, -0.2) is 54.3 Å². The summed E-state index contributed by atoms with van der Waals surface area (Å²) < 4.78 is 5.48. The van der Waals surface area contributed by atoms with Crippen molar-refractivity contribution in [3.8, 4) is 0 Å². The molecule has 2 aromatic rings. The maximum Gasteiger partial charge on any atom is 0.173 e. The SMILES string of the molecule is CC(C)c1ccc(NC(=S)N(CCCN2CCOCC2)Cc2ccc(C(C)(C)C)cc2)cc1. The first kappa shape index (κ1) is 25.7. The van der Waals surface area contributed by atoms with E-state index in [0.717, 1.165) is 63.2 Å². The number of thiocarbonyl (C=S) groups is 1. The summed E-state index contributed by atoms with van der Waals surface area (Å²) in [5.74, 6) is 0.527. The van der Waals surface area contributed by atoms with E-state index in [2.05, 4.69) is 98.3 Å². The summed E-state index contributed by atoms with van der Waals surface area (Å²) >= 11 is 5.88. The number of benzene rings is 2. The van der Waals surface area contributed by atoms with Gasteiger partial charge in [-0.1, -0.05) is 71.0 Å². The molecule has 33 heavy (non-hydrogen) atoms. The Morgan fingerprint density at radius 1 is 1.03 bits per heavy atom. The van der Waals surface area contributed by atoms with Crippen LogP contribution in [0.15, 0.2) is 48.5 Å². The summed E-state index contributed by atoms with van der Waals surface area (Å²) in [7, 11) is 0. The van der Waals surface area contributed by atoms with Crippen molar-refractivity contribution in [3.63, 3.8) is 0 Å². The third-order valence-electron chi connectivity index (χ3n) is 6.32. The molecule has 0 radical (unpaired) electrons. The number of nitrogens with one attached hydrogen (secondary N) is 1. The number of ether oxygens (including phenoxy) is 1. The molecule has 1 N–H and O–H groups in total. The molecule has 0 aliphatic carbocycles. The van der Waals surface area contributed by atoms with Gasteiger partial charge in [0.05, 0.1) is 13.2 Å². The molecule has 1 heterocycles. The second kappa shape index (κ2) is 12.0. The average Bonchev–Trinajstić information content (AvgIpc) is 2.79. The smallest absolute Gasteiger partial charge is 0.173 e. The van der Waals surface area contributed by atoms with Gasteiger partial charge in [0, 0.05) is 38.4 Å².